The van der Waals surface area contributed by atoms with Crippen molar-refractivity contribution < 1.29 is 14.3 Å². The minimum absolute atomic E-state index is 0.0173. The lowest BCUT2D eigenvalue weighted by molar-refractivity contribution is -0.130. The number of carbonyl (C=O) groups is 2. The number of amides is 2. The number of piperazine rings is 1. The van der Waals surface area contributed by atoms with Crippen LogP contribution in [0.3, 0.4) is 0 Å². The largest absolute Gasteiger partial charge is 0.383 e. The molecule has 33 heavy (non-hydrogen) atoms. The third-order valence-corrected chi connectivity index (χ3v) is 7.07. The average Bonchev–Trinajstić information content (AvgIpc) is 3.06. The quantitative estimate of drug-likeness (QED) is 0.564. The van der Waals surface area contributed by atoms with Crippen molar-refractivity contribution in [1.29, 1.82) is 0 Å². The average molecular weight is 474 g/mol. The zero-order chi connectivity index (χ0) is 24.0. The Hall–Kier alpha value is -2.36. The van der Waals surface area contributed by atoms with Crippen molar-refractivity contribution in [2.24, 2.45) is 0 Å². The van der Waals surface area contributed by atoms with Crippen LogP contribution in [0.25, 0.3) is 0 Å². The van der Waals surface area contributed by atoms with Crippen molar-refractivity contribution in [3.8, 4) is 0 Å². The molecule has 0 unspecified atom stereocenters. The van der Waals surface area contributed by atoms with E-state index in [4.69, 9.17) is 4.74 Å². The number of thioether (sulfide) groups is 1. The van der Waals surface area contributed by atoms with E-state index in [0.29, 0.717) is 45.1 Å². The number of benzene rings is 1. The Morgan fingerprint density at radius 3 is 2.39 bits per heavy atom. The normalized spacial score (nSPS) is 14.5. The van der Waals surface area contributed by atoms with Crippen molar-refractivity contribution in [2.75, 3.05) is 57.5 Å². The number of rotatable bonds is 9. The van der Waals surface area contributed by atoms with E-state index in [2.05, 4.69) is 19.8 Å². The molecule has 0 spiro atoms. The highest BCUT2D eigenvalue weighted by Gasteiger charge is 2.23. The van der Waals surface area contributed by atoms with Crippen LogP contribution in [-0.2, 0) is 20.9 Å². The molecular formula is C24H35N5O3S. The topological polar surface area (TPSA) is 79.7 Å². The van der Waals surface area contributed by atoms with Gasteiger partial charge in [0.15, 0.2) is 5.16 Å². The third-order valence-electron chi connectivity index (χ3n) is 6.10. The first-order valence-corrected chi connectivity index (χ1v) is 12.3. The molecule has 8 nitrogen and oxygen atoms in total. The number of para-hydroxylation sites is 1. The standard InChI is InChI=1S/C24H35N5O3S/c1-17-7-6-8-18(2)23(17)26-21(30)15-27-9-11-28(12-10-27)22(31)16-33-24-25-19(3)20(4)29(24)13-14-32-5/h6-8H,9-16H2,1-5H3,(H,26,30). The molecule has 2 heterocycles. The molecule has 1 N–H and O–H groups in total. The molecule has 2 aromatic rings. The molecule has 2 amide bonds. The highest BCUT2D eigenvalue weighted by molar-refractivity contribution is 7.99. The summed E-state index contributed by atoms with van der Waals surface area (Å²) in [4.78, 5) is 33.9. The molecule has 180 valence electrons. The molecule has 9 heteroatoms. The van der Waals surface area contributed by atoms with Crippen LogP contribution in [0.5, 0.6) is 0 Å². The molecule has 0 radical (unpaired) electrons. The van der Waals surface area contributed by atoms with E-state index >= 15 is 0 Å². The van der Waals surface area contributed by atoms with Gasteiger partial charge in [0, 0.05) is 51.2 Å². The van der Waals surface area contributed by atoms with Crippen LogP contribution in [0.4, 0.5) is 5.69 Å². The highest BCUT2D eigenvalue weighted by atomic mass is 32.2. The first-order valence-electron chi connectivity index (χ1n) is 11.3. The fraction of sp³-hybridized carbons (Fsp3) is 0.542. The van der Waals surface area contributed by atoms with Crippen LogP contribution in [0.1, 0.15) is 22.5 Å². The van der Waals surface area contributed by atoms with Crippen LogP contribution in [-0.4, -0.2) is 83.4 Å². The lowest BCUT2D eigenvalue weighted by atomic mass is 10.1. The zero-order valence-electron chi connectivity index (χ0n) is 20.3. The Kier molecular flexibility index (Phi) is 8.94. The molecule has 1 aromatic heterocycles. The van der Waals surface area contributed by atoms with Gasteiger partial charge in [-0.2, -0.15) is 0 Å². The van der Waals surface area contributed by atoms with Crippen LogP contribution >= 0.6 is 11.8 Å². The number of ether oxygens (including phenoxy) is 1. The van der Waals surface area contributed by atoms with Gasteiger partial charge in [0.05, 0.1) is 24.6 Å². The Balaban J connectivity index is 1.46. The molecule has 1 fully saturated rings. The van der Waals surface area contributed by atoms with Crippen molar-refractivity contribution in [3.63, 3.8) is 0 Å². The van der Waals surface area contributed by atoms with E-state index in [1.54, 1.807) is 7.11 Å². The maximum atomic E-state index is 12.8. The highest BCUT2D eigenvalue weighted by Crippen LogP contribution is 2.22. The molecule has 1 aromatic carbocycles. The SMILES string of the molecule is COCCn1c(SCC(=O)N2CCN(CC(=O)Nc3c(C)cccc3C)CC2)nc(C)c1C. The molecule has 0 aliphatic carbocycles. The van der Waals surface area contributed by atoms with Crippen LogP contribution in [0.15, 0.2) is 23.4 Å². The number of imidazole rings is 1. The van der Waals surface area contributed by atoms with Gasteiger partial charge in [-0.1, -0.05) is 30.0 Å². The molecule has 1 aliphatic heterocycles. The van der Waals surface area contributed by atoms with Crippen LogP contribution in [0.2, 0.25) is 0 Å². The first-order chi connectivity index (χ1) is 15.8. The summed E-state index contributed by atoms with van der Waals surface area (Å²) in [6.45, 7) is 12.3. The minimum Gasteiger partial charge on any atom is -0.383 e. The van der Waals surface area contributed by atoms with Crippen molar-refractivity contribution in [1.82, 2.24) is 19.4 Å². The third kappa shape index (κ3) is 6.59. The lowest BCUT2D eigenvalue weighted by Gasteiger charge is -2.34. The number of hydrogen-bond acceptors (Lipinski definition) is 6. The van der Waals surface area contributed by atoms with Gasteiger partial charge >= 0.3 is 0 Å². The summed E-state index contributed by atoms with van der Waals surface area (Å²) < 4.78 is 7.32. The second-order valence-corrected chi connectivity index (χ2v) is 9.41. The molecule has 0 atom stereocenters. The van der Waals surface area contributed by atoms with E-state index in [-0.39, 0.29) is 11.8 Å². The van der Waals surface area contributed by atoms with Crippen LogP contribution in [0, 0.1) is 27.7 Å². The van der Waals surface area contributed by atoms with Crippen molar-refractivity contribution in [3.05, 3.63) is 40.7 Å². The number of methoxy groups -OCH3 is 1. The molecule has 0 saturated carbocycles. The van der Waals surface area contributed by atoms with E-state index in [9.17, 15) is 9.59 Å². The predicted molar refractivity (Wildman–Crippen MR) is 132 cm³/mol. The number of carbonyl (C=O) groups excluding carboxylic acids is 2. The second kappa shape index (κ2) is 11.7. The van der Waals surface area contributed by atoms with E-state index in [1.165, 1.54) is 11.8 Å². The fourth-order valence-electron chi connectivity index (χ4n) is 3.95. The second-order valence-electron chi connectivity index (χ2n) is 8.47. The molecule has 1 aliphatic rings. The summed E-state index contributed by atoms with van der Waals surface area (Å²) in [7, 11) is 1.68. The first kappa shape index (κ1) is 25.3. The smallest absolute Gasteiger partial charge is 0.238 e. The van der Waals surface area contributed by atoms with Gasteiger partial charge in [0.25, 0.3) is 0 Å². The van der Waals surface area contributed by atoms with Crippen molar-refractivity contribution in [2.45, 2.75) is 39.4 Å². The summed E-state index contributed by atoms with van der Waals surface area (Å²) in [5.74, 6) is 0.447. The number of hydrogen-bond donors (Lipinski definition) is 1. The Morgan fingerprint density at radius 2 is 1.76 bits per heavy atom. The maximum Gasteiger partial charge on any atom is 0.238 e. The molecule has 0 bridgehead atoms. The maximum absolute atomic E-state index is 12.8. The van der Waals surface area contributed by atoms with Crippen LogP contribution < -0.4 is 5.32 Å². The van der Waals surface area contributed by atoms with Gasteiger partial charge in [-0.15, -0.1) is 0 Å². The number of anilines is 1. The number of nitrogens with one attached hydrogen (secondary N) is 1. The molecule has 1 saturated heterocycles. The summed E-state index contributed by atoms with van der Waals surface area (Å²) in [5, 5.41) is 3.90. The monoisotopic (exact) mass is 473 g/mol. The molecular weight excluding hydrogens is 438 g/mol. The van der Waals surface area contributed by atoms with Gasteiger partial charge in [-0.3, -0.25) is 14.5 Å². The van der Waals surface area contributed by atoms with E-state index in [0.717, 1.165) is 39.9 Å². The minimum atomic E-state index is -0.0173. The fourth-order valence-corrected chi connectivity index (χ4v) is 4.97. The Morgan fingerprint density at radius 1 is 1.09 bits per heavy atom. The predicted octanol–water partition coefficient (Wildman–Crippen LogP) is 2.64. The summed E-state index contributed by atoms with van der Waals surface area (Å²) in [5.41, 5.74) is 5.10. The molecule has 3 rings (SSSR count). The Bertz CT molecular complexity index is 962. The zero-order valence-corrected chi connectivity index (χ0v) is 21.1. The van der Waals surface area contributed by atoms with Gasteiger partial charge in [0.1, 0.15) is 0 Å². The van der Waals surface area contributed by atoms with E-state index < -0.39 is 0 Å². The van der Waals surface area contributed by atoms with E-state index in [1.807, 2.05) is 50.8 Å². The number of aromatic nitrogens is 2. The van der Waals surface area contributed by atoms with Crippen molar-refractivity contribution >= 4 is 29.3 Å². The van der Waals surface area contributed by atoms with Gasteiger partial charge < -0.3 is 19.5 Å². The number of nitrogens with zero attached hydrogens (tertiary/aromatic N) is 4. The summed E-state index contributed by atoms with van der Waals surface area (Å²) >= 11 is 1.48. The lowest BCUT2D eigenvalue weighted by Crippen LogP contribution is -2.51. The number of aryl methyl sites for hydroxylation is 3. The summed E-state index contributed by atoms with van der Waals surface area (Å²) in [6, 6.07) is 5.99. The van der Waals surface area contributed by atoms with Gasteiger partial charge in [-0.05, 0) is 38.8 Å². The Labute approximate surface area is 200 Å². The summed E-state index contributed by atoms with van der Waals surface area (Å²) in [6.07, 6.45) is 0. The van der Waals surface area contributed by atoms with Gasteiger partial charge in [-0.25, -0.2) is 4.98 Å². The van der Waals surface area contributed by atoms with Gasteiger partial charge in [0.2, 0.25) is 11.8 Å².